The van der Waals surface area contributed by atoms with Gasteiger partial charge in [-0.15, -0.1) is 11.3 Å². The first-order valence-corrected chi connectivity index (χ1v) is 12.0. The van der Waals surface area contributed by atoms with Crippen molar-refractivity contribution < 1.29 is 17.9 Å². The Balaban J connectivity index is 1.54. The Bertz CT molecular complexity index is 1260. The molecular weight excluding hydrogens is 450 g/mol. The summed E-state index contributed by atoms with van der Waals surface area (Å²) in [6.07, 6.45) is 4.18. The molecule has 0 unspecified atom stereocenters. The number of fused-ring (bicyclic) bond motifs is 1. The molecule has 3 heterocycles. The maximum Gasteiger partial charge on any atom is 0.338 e. The number of sulfonamides is 1. The molecule has 0 amide bonds. The SMILES string of the molecule is O=C(OCc1cc(=O)n2ccsc2n1)c1ccc(Cl)c(S(=O)(=O)N2CCCCC2)c1. The quantitative estimate of drug-likeness (QED) is 0.535. The van der Waals surface area contributed by atoms with Gasteiger partial charge in [0.05, 0.1) is 16.3 Å². The Hall–Kier alpha value is -2.27. The van der Waals surface area contributed by atoms with E-state index in [1.807, 2.05) is 0 Å². The van der Waals surface area contributed by atoms with Crippen molar-refractivity contribution >= 4 is 43.9 Å². The number of esters is 1. The monoisotopic (exact) mass is 467 g/mol. The van der Waals surface area contributed by atoms with Crippen LogP contribution in [0.4, 0.5) is 0 Å². The molecule has 0 spiro atoms. The van der Waals surface area contributed by atoms with Crippen molar-refractivity contribution in [1.82, 2.24) is 13.7 Å². The fraction of sp³-hybridized carbons (Fsp3) is 0.316. The van der Waals surface area contributed by atoms with Crippen LogP contribution in [0.5, 0.6) is 0 Å². The van der Waals surface area contributed by atoms with E-state index in [1.165, 1.54) is 44.3 Å². The van der Waals surface area contributed by atoms with E-state index in [0.29, 0.717) is 23.7 Å². The molecule has 0 atom stereocenters. The van der Waals surface area contributed by atoms with Gasteiger partial charge in [-0.2, -0.15) is 4.31 Å². The van der Waals surface area contributed by atoms with E-state index in [0.717, 1.165) is 19.3 Å². The van der Waals surface area contributed by atoms with E-state index in [4.69, 9.17) is 16.3 Å². The minimum Gasteiger partial charge on any atom is -0.456 e. The van der Waals surface area contributed by atoms with Crippen LogP contribution in [0.2, 0.25) is 5.02 Å². The molecule has 2 aromatic heterocycles. The molecule has 158 valence electrons. The molecule has 0 bridgehead atoms. The standard InChI is InChI=1S/C19H18ClN3O5S2/c20-15-5-4-13(10-16(15)30(26,27)22-6-2-1-3-7-22)18(25)28-12-14-11-17(24)23-8-9-29-19(23)21-14/h4-5,8-11H,1-3,6-7,12H2. The third-order valence-electron chi connectivity index (χ3n) is 4.81. The Morgan fingerprint density at radius 3 is 2.73 bits per heavy atom. The second-order valence-electron chi connectivity index (χ2n) is 6.83. The molecule has 1 aromatic carbocycles. The smallest absolute Gasteiger partial charge is 0.338 e. The lowest BCUT2D eigenvalue weighted by molar-refractivity contribution is 0.0467. The lowest BCUT2D eigenvalue weighted by Gasteiger charge is -2.26. The molecule has 3 aromatic rings. The van der Waals surface area contributed by atoms with Gasteiger partial charge in [0.1, 0.15) is 11.5 Å². The van der Waals surface area contributed by atoms with Crippen LogP contribution in [0.15, 0.2) is 45.5 Å². The number of piperidine rings is 1. The predicted molar refractivity (Wildman–Crippen MR) is 113 cm³/mol. The van der Waals surface area contributed by atoms with Crippen LogP contribution in [0.3, 0.4) is 0 Å². The molecule has 30 heavy (non-hydrogen) atoms. The number of thiazole rings is 1. The highest BCUT2D eigenvalue weighted by atomic mass is 35.5. The zero-order valence-electron chi connectivity index (χ0n) is 15.8. The second-order valence-corrected chi connectivity index (χ2v) is 10.0. The summed E-state index contributed by atoms with van der Waals surface area (Å²) in [5, 5.41) is 1.78. The fourth-order valence-corrected chi connectivity index (χ4v) is 6.01. The highest BCUT2D eigenvalue weighted by Crippen LogP contribution is 2.28. The Labute approximate surface area is 181 Å². The molecule has 11 heteroatoms. The van der Waals surface area contributed by atoms with Gasteiger partial charge in [0.25, 0.3) is 5.56 Å². The van der Waals surface area contributed by atoms with Gasteiger partial charge in [-0.05, 0) is 31.0 Å². The van der Waals surface area contributed by atoms with Crippen molar-refractivity contribution in [2.75, 3.05) is 13.1 Å². The summed E-state index contributed by atoms with van der Waals surface area (Å²) in [6.45, 7) is 0.652. The zero-order valence-corrected chi connectivity index (χ0v) is 18.2. The summed E-state index contributed by atoms with van der Waals surface area (Å²) in [7, 11) is -3.80. The number of nitrogens with zero attached hydrogens (tertiary/aromatic N) is 3. The van der Waals surface area contributed by atoms with Gasteiger partial charge in [-0.3, -0.25) is 9.20 Å². The molecular formula is C19H18ClN3O5S2. The van der Waals surface area contributed by atoms with Gasteiger partial charge in [0.2, 0.25) is 10.0 Å². The third kappa shape index (κ3) is 4.13. The van der Waals surface area contributed by atoms with Crippen LogP contribution in [-0.2, 0) is 21.4 Å². The van der Waals surface area contributed by atoms with Crippen LogP contribution in [0.1, 0.15) is 35.3 Å². The number of rotatable bonds is 5. The van der Waals surface area contributed by atoms with Crippen molar-refractivity contribution in [2.24, 2.45) is 0 Å². The molecule has 1 aliphatic rings. The number of benzene rings is 1. The van der Waals surface area contributed by atoms with Gasteiger partial charge >= 0.3 is 5.97 Å². The Morgan fingerprint density at radius 1 is 1.20 bits per heavy atom. The molecule has 1 aliphatic heterocycles. The number of hydrogen-bond donors (Lipinski definition) is 0. The van der Waals surface area contributed by atoms with Crippen LogP contribution in [-0.4, -0.2) is 41.2 Å². The summed E-state index contributed by atoms with van der Waals surface area (Å²) in [5.74, 6) is -0.727. The summed E-state index contributed by atoms with van der Waals surface area (Å²) in [5.41, 5.74) is 0.100. The third-order valence-corrected chi connectivity index (χ3v) is 7.94. The molecule has 8 nitrogen and oxygen atoms in total. The predicted octanol–water partition coefficient (Wildman–Crippen LogP) is 2.94. The number of carbonyl (C=O) groups excluding carboxylic acids is 1. The minimum atomic E-state index is -3.80. The van der Waals surface area contributed by atoms with E-state index < -0.39 is 16.0 Å². The minimum absolute atomic E-state index is 0.0509. The Kier molecular flexibility index (Phi) is 5.92. The van der Waals surface area contributed by atoms with Gasteiger partial charge in [-0.25, -0.2) is 18.2 Å². The summed E-state index contributed by atoms with van der Waals surface area (Å²) in [4.78, 5) is 29.2. The van der Waals surface area contributed by atoms with Gasteiger partial charge in [0, 0.05) is 30.7 Å². The lowest BCUT2D eigenvalue weighted by Crippen LogP contribution is -2.35. The summed E-state index contributed by atoms with van der Waals surface area (Å²) < 4.78 is 33.9. The van der Waals surface area contributed by atoms with Gasteiger partial charge in [-0.1, -0.05) is 18.0 Å². The van der Waals surface area contributed by atoms with Crippen molar-refractivity contribution in [2.45, 2.75) is 30.8 Å². The van der Waals surface area contributed by atoms with Crippen LogP contribution in [0.25, 0.3) is 4.96 Å². The highest BCUT2D eigenvalue weighted by Gasteiger charge is 2.29. The van der Waals surface area contributed by atoms with Crippen molar-refractivity contribution in [3.63, 3.8) is 0 Å². The fourth-order valence-electron chi connectivity index (χ4n) is 3.26. The maximum atomic E-state index is 12.9. The first-order valence-electron chi connectivity index (χ1n) is 9.29. The van der Waals surface area contributed by atoms with Gasteiger partial charge < -0.3 is 4.74 Å². The number of aromatic nitrogens is 2. The van der Waals surface area contributed by atoms with Crippen LogP contribution >= 0.6 is 22.9 Å². The average Bonchev–Trinajstić information content (AvgIpc) is 3.22. The second kappa shape index (κ2) is 8.46. The molecule has 1 saturated heterocycles. The highest BCUT2D eigenvalue weighted by molar-refractivity contribution is 7.89. The van der Waals surface area contributed by atoms with Gasteiger partial charge in [0.15, 0.2) is 4.96 Å². The number of carbonyl (C=O) groups is 1. The lowest BCUT2D eigenvalue weighted by atomic mass is 10.2. The van der Waals surface area contributed by atoms with E-state index in [2.05, 4.69) is 4.98 Å². The van der Waals surface area contributed by atoms with Crippen molar-refractivity contribution in [3.8, 4) is 0 Å². The normalized spacial score (nSPS) is 15.4. The van der Waals surface area contributed by atoms with Crippen molar-refractivity contribution in [3.05, 3.63) is 62.5 Å². The van der Waals surface area contributed by atoms with E-state index in [9.17, 15) is 18.0 Å². The first kappa shape index (κ1) is 21.0. The molecule has 4 rings (SSSR count). The Morgan fingerprint density at radius 2 is 1.97 bits per heavy atom. The average molecular weight is 468 g/mol. The van der Waals surface area contributed by atoms with E-state index >= 15 is 0 Å². The summed E-state index contributed by atoms with van der Waals surface area (Å²) >= 11 is 7.43. The zero-order chi connectivity index (χ0) is 21.3. The molecule has 1 fully saturated rings. The molecule has 0 N–H and O–H groups in total. The van der Waals surface area contributed by atoms with Crippen LogP contribution in [0, 0.1) is 0 Å². The topological polar surface area (TPSA) is 98.0 Å². The molecule has 0 saturated carbocycles. The first-order chi connectivity index (χ1) is 14.4. The van der Waals surface area contributed by atoms with Crippen molar-refractivity contribution in [1.29, 1.82) is 0 Å². The number of ether oxygens (including phenoxy) is 1. The largest absolute Gasteiger partial charge is 0.456 e. The van der Waals surface area contributed by atoms with E-state index in [-0.39, 0.29) is 27.6 Å². The molecule has 0 aliphatic carbocycles. The van der Waals surface area contributed by atoms with E-state index in [1.54, 1.807) is 11.6 Å². The number of halogens is 1. The summed E-state index contributed by atoms with van der Waals surface area (Å²) in [6, 6.07) is 5.31. The van der Waals surface area contributed by atoms with Crippen LogP contribution < -0.4 is 5.56 Å². The number of hydrogen-bond acceptors (Lipinski definition) is 7. The molecule has 0 radical (unpaired) electrons. The maximum absolute atomic E-state index is 12.9.